The molecule has 0 spiro atoms. The fraction of sp³-hybridized carbons (Fsp3) is 0.241. The van der Waals surface area contributed by atoms with Crippen LogP contribution in [0.5, 0.6) is 5.75 Å². The lowest BCUT2D eigenvalue weighted by Crippen LogP contribution is -2.43. The lowest BCUT2D eigenvalue weighted by molar-refractivity contribution is 0.414. The van der Waals surface area contributed by atoms with Gasteiger partial charge < -0.3 is 39.0 Å². The van der Waals surface area contributed by atoms with Gasteiger partial charge in [0.05, 0.1) is 51.9 Å². The van der Waals surface area contributed by atoms with Crippen molar-refractivity contribution in [1.29, 1.82) is 0 Å². The molecule has 8 heterocycles. The number of methoxy groups -OCH3 is 1. The number of hydrogen-bond acceptors (Lipinski definition) is 19. The molecule has 0 saturated heterocycles. The zero-order chi connectivity index (χ0) is 79.0. The van der Waals surface area contributed by atoms with Gasteiger partial charge in [-0.25, -0.2) is 39.5 Å². The molecule has 24 nitrogen and oxygen atoms in total. The number of thioether (sulfide) groups is 1. The molecule has 8 aromatic carbocycles. The van der Waals surface area contributed by atoms with Crippen molar-refractivity contribution in [1.82, 2.24) is 59.0 Å². The zero-order valence-electron chi connectivity index (χ0n) is 64.3. The normalized spacial score (nSPS) is 11.8. The number of nitrogens with zero attached hydrogens (tertiary/aromatic N) is 12. The number of ether oxygens (including phenoxy) is 1. The van der Waals surface area contributed by atoms with E-state index in [-0.39, 0.29) is 22.5 Å². The molecule has 5 N–H and O–H groups in total. The Balaban J connectivity index is 0.000000131. The van der Waals surface area contributed by atoms with E-state index in [2.05, 4.69) is 194 Å². The van der Waals surface area contributed by atoms with Gasteiger partial charge in [-0.1, -0.05) is 104 Å². The van der Waals surface area contributed by atoms with Gasteiger partial charge in [-0.15, -0.1) is 11.8 Å². The summed E-state index contributed by atoms with van der Waals surface area (Å²) in [6.45, 7) is 26.6. The van der Waals surface area contributed by atoms with Gasteiger partial charge in [-0.3, -0.25) is 29.1 Å². The van der Waals surface area contributed by atoms with Gasteiger partial charge in [0.15, 0.2) is 45.4 Å². The molecule has 25 heteroatoms. The van der Waals surface area contributed by atoms with Crippen LogP contribution >= 0.6 is 11.8 Å². The fourth-order valence-corrected chi connectivity index (χ4v) is 14.6. The number of aryl methyl sites for hydroxylation is 13. The topological polar surface area (TPSA) is 305 Å². The van der Waals surface area contributed by atoms with Crippen molar-refractivity contribution in [2.45, 2.75) is 112 Å². The summed E-state index contributed by atoms with van der Waals surface area (Å²) < 4.78 is 9.17. The van der Waals surface area contributed by atoms with Crippen LogP contribution in [0.1, 0.15) is 80.5 Å². The maximum atomic E-state index is 12.5. The van der Waals surface area contributed by atoms with Gasteiger partial charge in [0.1, 0.15) is 16.7 Å². The highest BCUT2D eigenvalue weighted by molar-refractivity contribution is 7.99. The Morgan fingerprint density at radius 3 is 1.43 bits per heavy atom. The lowest BCUT2D eigenvalue weighted by Gasteiger charge is -2.29. The second-order valence-electron chi connectivity index (χ2n) is 28.0. The summed E-state index contributed by atoms with van der Waals surface area (Å²) in [5.41, 5.74) is 18.8. The Hall–Kier alpha value is -13.0. The summed E-state index contributed by atoms with van der Waals surface area (Å²) in [5, 5.41) is 3.92. The molecule has 16 rings (SSSR count). The van der Waals surface area contributed by atoms with E-state index in [1.54, 1.807) is 18.9 Å². The highest BCUT2D eigenvalue weighted by Gasteiger charge is 2.27. The highest BCUT2D eigenvalue weighted by Crippen LogP contribution is 2.40. The lowest BCUT2D eigenvalue weighted by atomic mass is 10.1. The summed E-state index contributed by atoms with van der Waals surface area (Å²) in [5.74, 6) is 3.49. The summed E-state index contributed by atoms with van der Waals surface area (Å²) in [6, 6.07) is 53.4. The Kier molecular flexibility index (Phi) is 23.3. The molecule has 0 atom stereocenters. The first-order valence-electron chi connectivity index (χ1n) is 37.1. The van der Waals surface area contributed by atoms with Crippen molar-refractivity contribution in [2.75, 3.05) is 48.1 Å². The molecule has 568 valence electrons. The number of nitrogens with one attached hydrogen (secondary N) is 5. The van der Waals surface area contributed by atoms with Crippen molar-refractivity contribution in [3.05, 3.63) is 303 Å². The van der Waals surface area contributed by atoms with Crippen LogP contribution < -0.4 is 75.1 Å². The average Bonchev–Trinajstić information content (AvgIpc) is 0.772. The third-order valence-corrected chi connectivity index (χ3v) is 21.0. The van der Waals surface area contributed by atoms with Gasteiger partial charge in [0.2, 0.25) is 0 Å². The van der Waals surface area contributed by atoms with Gasteiger partial charge in [0.25, 0.3) is 22.2 Å². The van der Waals surface area contributed by atoms with E-state index >= 15 is 0 Å². The van der Waals surface area contributed by atoms with Crippen LogP contribution in [0.2, 0.25) is 0 Å². The van der Waals surface area contributed by atoms with Crippen molar-refractivity contribution in [3.8, 4) is 28.8 Å². The minimum atomic E-state index is -0.658. The smallest absolute Gasteiger partial charge is 0.349 e. The van der Waals surface area contributed by atoms with Gasteiger partial charge in [0, 0.05) is 49.6 Å². The quantitative estimate of drug-likeness (QED) is 0.0394. The van der Waals surface area contributed by atoms with E-state index in [0.717, 1.165) is 141 Å². The van der Waals surface area contributed by atoms with Crippen LogP contribution in [0, 0.1) is 55.4 Å². The Bertz CT molecular complexity index is 6460. The standard InChI is InChI=1S/C22H23N5O.C22H22N4O3.C22H22N4O2.C21H20N4OS/c1-14-12-18-19(13-17(14)23-3)27(11-7-10-16-8-5-4-6-9-16)21-20(26-18)22(28)25-15(2)24-21;1-13-10-17-18(11-14(13)2)26(20-19(23-17)21(27)25-22(28)24-20)9-5-7-15-6-4-8-16(12-15)29-3;1-13-6-8-16(9-7-13)5-4-10-26-18-12-15(3)14(2)11-17(18)23-19-20(26)24-22(28)25-21(19)27;1-13-11-17-18(12-14(13)2)25(9-10-27-16-7-5-4-6-8-16)20-19(24-17)21(26)23-15(3)22-20/h4-6,8-9,12-13,23H,2,7,10-11H2,1,3H3,(H,25,28);4,6,8,10-12H,5,7,9H2,1-3H3,(H,25,27,28);6-9,11-12H,4-5,10H2,1-3H3,(H,25,27,28);4-8,11-12H,3,9-10H2,1-2H3,(H,23,26). The summed E-state index contributed by atoms with van der Waals surface area (Å²) in [4.78, 5) is 124. The Morgan fingerprint density at radius 2 is 0.893 bits per heavy atom. The van der Waals surface area contributed by atoms with Crippen molar-refractivity contribution < 1.29 is 4.74 Å². The number of aromatic nitrogens is 12. The van der Waals surface area contributed by atoms with E-state index in [1.165, 1.54) is 27.1 Å². The number of fused-ring (bicyclic) bond motifs is 8. The first kappa shape index (κ1) is 77.1. The monoisotopic (exact) mass is 1510 g/mol. The third-order valence-electron chi connectivity index (χ3n) is 20.0. The third kappa shape index (κ3) is 17.3. The Morgan fingerprint density at radius 1 is 0.438 bits per heavy atom. The van der Waals surface area contributed by atoms with Crippen LogP contribution in [-0.4, -0.2) is 92.0 Å². The maximum Gasteiger partial charge on any atom is 0.349 e. The van der Waals surface area contributed by atoms with Crippen LogP contribution in [0.3, 0.4) is 0 Å². The zero-order valence-corrected chi connectivity index (χ0v) is 65.2. The van der Waals surface area contributed by atoms with Crippen molar-refractivity contribution in [2.24, 2.45) is 9.98 Å². The molecule has 112 heavy (non-hydrogen) atoms. The molecule has 6 aliphatic rings. The van der Waals surface area contributed by atoms with Crippen LogP contribution in [-0.2, 0) is 32.4 Å². The second-order valence-corrected chi connectivity index (χ2v) is 29.2. The summed E-state index contributed by atoms with van der Waals surface area (Å²) >= 11 is 1.78. The van der Waals surface area contributed by atoms with Crippen LogP contribution in [0.25, 0.3) is 58.3 Å². The molecule has 2 aromatic heterocycles. The van der Waals surface area contributed by atoms with E-state index in [4.69, 9.17) is 4.74 Å². The molecule has 0 radical (unpaired) electrons. The predicted molar refractivity (Wildman–Crippen MR) is 446 cm³/mol. The van der Waals surface area contributed by atoms with E-state index < -0.39 is 22.5 Å². The summed E-state index contributed by atoms with van der Waals surface area (Å²) in [7, 11) is 3.55. The van der Waals surface area contributed by atoms with Gasteiger partial charge in [-0.05, 0) is 222 Å². The fourth-order valence-electron chi connectivity index (χ4n) is 13.7. The van der Waals surface area contributed by atoms with Crippen molar-refractivity contribution in [3.63, 3.8) is 0 Å². The molecule has 0 aliphatic carbocycles. The minimum Gasteiger partial charge on any atom is -0.497 e. The maximum absolute atomic E-state index is 12.5. The van der Waals surface area contributed by atoms with E-state index in [1.807, 2.05) is 124 Å². The van der Waals surface area contributed by atoms with Crippen LogP contribution in [0.15, 0.2) is 201 Å². The number of H-pyrrole nitrogens is 4. The number of aromatic amines is 4. The number of benzene rings is 8. The van der Waals surface area contributed by atoms with Gasteiger partial charge >= 0.3 is 11.4 Å². The first-order chi connectivity index (χ1) is 54.0. The Labute approximate surface area is 649 Å². The van der Waals surface area contributed by atoms with E-state index in [0.29, 0.717) is 70.1 Å². The largest absolute Gasteiger partial charge is 0.497 e. The molecular weight excluding hydrogens is 1430 g/mol. The molecule has 6 aliphatic heterocycles. The number of hydrogen-bond donors (Lipinski definition) is 5. The molecule has 0 amide bonds. The molecule has 0 unspecified atom stereocenters. The van der Waals surface area contributed by atoms with Crippen molar-refractivity contribution >= 4 is 87.1 Å². The average molecular weight is 1510 g/mol. The molecular formula is C87H87N17O7S. The predicted octanol–water partition coefficient (Wildman–Crippen LogP) is 11.5. The number of anilines is 5. The first-order valence-corrected chi connectivity index (χ1v) is 38.0. The molecule has 0 fully saturated rings. The van der Waals surface area contributed by atoms with E-state index in [9.17, 15) is 28.8 Å². The highest BCUT2D eigenvalue weighted by atomic mass is 32.2. The minimum absolute atomic E-state index is 0.182. The molecule has 0 saturated carbocycles. The van der Waals surface area contributed by atoms with Gasteiger partial charge in [-0.2, -0.15) is 9.97 Å². The van der Waals surface area contributed by atoms with Crippen LogP contribution in [0.4, 0.5) is 40.1 Å². The molecule has 0 bridgehead atoms. The summed E-state index contributed by atoms with van der Waals surface area (Å²) in [6.07, 6.45) is 5.26. The SMILES string of the molecule is C=c1nc2c(c(=O)[nH]1)=Nc1cc(C)c(C)cc1N2CCSc1ccccc1.C=c1nc2c(c(=O)[nH]1)=Nc1cc(C)c(NC)cc1N2CCCc1ccccc1.COc1cccc(CCCn2c3nc(=O)[nH]c(=O)c-3nc3cc(C)c(C)cc32)c1.Cc1ccc(CCCn2c3nc(=O)[nH]c(=O)c-3nc3cc(C)c(C)cc32)cc1. The number of rotatable bonds is 18. The molecule has 10 aromatic rings. The second kappa shape index (κ2) is 33.8.